The van der Waals surface area contributed by atoms with Crippen LogP contribution in [0.5, 0.6) is 11.5 Å². The lowest BCUT2D eigenvalue weighted by Crippen LogP contribution is -2.10. The van der Waals surface area contributed by atoms with Gasteiger partial charge >= 0.3 is 11.9 Å². The first-order valence-corrected chi connectivity index (χ1v) is 9.36. The van der Waals surface area contributed by atoms with Gasteiger partial charge in [-0.1, -0.05) is 25.5 Å². The number of ether oxygens (including phenoxy) is 2. The first-order chi connectivity index (χ1) is 12.8. The Morgan fingerprint density at radius 3 is 1.74 bits per heavy atom. The highest BCUT2D eigenvalue weighted by Gasteiger charge is 2.21. The van der Waals surface area contributed by atoms with E-state index in [9.17, 15) is 9.59 Å². The standard InChI is InChI=1S/C23H28O4/c1-7-8-9-21(25)27-20-13-11-15(3)17(5)23(20)22-16(4)14(2)10-12-19(22)26-18(6)24/h10-13H,7-9H2,1-6H3. The molecule has 0 atom stereocenters. The van der Waals surface area contributed by atoms with Crippen molar-refractivity contribution in [2.24, 2.45) is 0 Å². The maximum absolute atomic E-state index is 12.3. The van der Waals surface area contributed by atoms with Crippen molar-refractivity contribution in [3.8, 4) is 22.6 Å². The van der Waals surface area contributed by atoms with E-state index in [1.165, 1.54) is 6.92 Å². The molecular formula is C23H28O4. The fourth-order valence-corrected chi connectivity index (χ4v) is 3.02. The molecule has 2 rings (SSSR count). The summed E-state index contributed by atoms with van der Waals surface area (Å²) in [4.78, 5) is 23.9. The predicted molar refractivity (Wildman–Crippen MR) is 107 cm³/mol. The second-order valence-electron chi connectivity index (χ2n) is 6.93. The zero-order valence-electron chi connectivity index (χ0n) is 17.1. The molecule has 0 aliphatic rings. The summed E-state index contributed by atoms with van der Waals surface area (Å²) >= 11 is 0. The van der Waals surface area contributed by atoms with Gasteiger partial charge in [0.15, 0.2) is 0 Å². The summed E-state index contributed by atoms with van der Waals surface area (Å²) in [5.74, 6) is 0.346. The second kappa shape index (κ2) is 8.85. The Morgan fingerprint density at radius 1 is 0.815 bits per heavy atom. The number of unbranched alkanes of at least 4 members (excludes halogenated alkanes) is 1. The summed E-state index contributed by atoms with van der Waals surface area (Å²) in [7, 11) is 0. The fraction of sp³-hybridized carbons (Fsp3) is 0.391. The van der Waals surface area contributed by atoms with Crippen molar-refractivity contribution in [1.29, 1.82) is 0 Å². The molecule has 0 heterocycles. The Labute approximate surface area is 161 Å². The second-order valence-corrected chi connectivity index (χ2v) is 6.93. The average Bonchev–Trinajstić information content (AvgIpc) is 2.61. The molecule has 2 aromatic rings. The summed E-state index contributed by atoms with van der Waals surface area (Å²) in [6, 6.07) is 7.48. The molecule has 0 saturated heterocycles. The summed E-state index contributed by atoms with van der Waals surface area (Å²) in [5.41, 5.74) is 5.74. The summed E-state index contributed by atoms with van der Waals surface area (Å²) in [6.07, 6.45) is 2.11. The van der Waals surface area contributed by atoms with Crippen LogP contribution in [-0.4, -0.2) is 11.9 Å². The van der Waals surface area contributed by atoms with Gasteiger partial charge < -0.3 is 9.47 Å². The van der Waals surface area contributed by atoms with Crippen molar-refractivity contribution in [2.75, 3.05) is 0 Å². The number of rotatable bonds is 6. The predicted octanol–water partition coefficient (Wildman–Crippen LogP) is 5.61. The fourth-order valence-electron chi connectivity index (χ4n) is 3.02. The molecule has 4 nitrogen and oxygen atoms in total. The molecule has 0 amide bonds. The van der Waals surface area contributed by atoms with Crippen LogP contribution in [0.25, 0.3) is 11.1 Å². The van der Waals surface area contributed by atoms with E-state index in [0.29, 0.717) is 17.9 Å². The highest BCUT2D eigenvalue weighted by atomic mass is 16.5. The third-order valence-electron chi connectivity index (χ3n) is 4.86. The first-order valence-electron chi connectivity index (χ1n) is 9.36. The van der Waals surface area contributed by atoms with Gasteiger partial charge in [-0.2, -0.15) is 0 Å². The molecule has 0 spiro atoms. The van der Waals surface area contributed by atoms with Crippen molar-refractivity contribution >= 4 is 11.9 Å². The quantitative estimate of drug-likeness (QED) is 0.491. The van der Waals surface area contributed by atoms with Gasteiger partial charge in [-0.3, -0.25) is 9.59 Å². The molecule has 0 unspecified atom stereocenters. The lowest BCUT2D eigenvalue weighted by molar-refractivity contribution is -0.134. The number of esters is 2. The zero-order valence-corrected chi connectivity index (χ0v) is 17.1. The van der Waals surface area contributed by atoms with Gasteiger partial charge in [0.05, 0.1) is 0 Å². The molecule has 4 heteroatoms. The first kappa shape index (κ1) is 20.7. The molecule has 0 N–H and O–H groups in total. The van der Waals surface area contributed by atoms with Gasteiger partial charge in [-0.25, -0.2) is 0 Å². The van der Waals surface area contributed by atoms with E-state index in [-0.39, 0.29) is 11.9 Å². The Balaban J connectivity index is 2.67. The Kier molecular flexibility index (Phi) is 6.78. The Bertz CT molecular complexity index is 865. The molecular weight excluding hydrogens is 340 g/mol. The molecule has 0 aliphatic carbocycles. The number of carbonyl (C=O) groups is 2. The van der Waals surface area contributed by atoms with E-state index in [0.717, 1.165) is 46.2 Å². The van der Waals surface area contributed by atoms with Crippen LogP contribution < -0.4 is 9.47 Å². The van der Waals surface area contributed by atoms with Crippen LogP contribution in [0.2, 0.25) is 0 Å². The largest absolute Gasteiger partial charge is 0.426 e. The van der Waals surface area contributed by atoms with Gasteiger partial charge in [0, 0.05) is 24.5 Å². The van der Waals surface area contributed by atoms with Crippen LogP contribution in [0.4, 0.5) is 0 Å². The molecule has 27 heavy (non-hydrogen) atoms. The third-order valence-corrected chi connectivity index (χ3v) is 4.86. The number of benzene rings is 2. The third kappa shape index (κ3) is 4.76. The molecule has 0 bridgehead atoms. The molecule has 0 aromatic heterocycles. The number of carbonyl (C=O) groups excluding carboxylic acids is 2. The van der Waals surface area contributed by atoms with E-state index in [2.05, 4.69) is 0 Å². The van der Waals surface area contributed by atoms with Gasteiger partial charge in [0.2, 0.25) is 0 Å². The zero-order chi connectivity index (χ0) is 20.1. The average molecular weight is 368 g/mol. The topological polar surface area (TPSA) is 52.6 Å². The van der Waals surface area contributed by atoms with Crippen molar-refractivity contribution in [1.82, 2.24) is 0 Å². The van der Waals surface area contributed by atoms with Crippen molar-refractivity contribution in [3.63, 3.8) is 0 Å². The van der Waals surface area contributed by atoms with Crippen LogP contribution in [-0.2, 0) is 9.59 Å². The van der Waals surface area contributed by atoms with E-state index in [1.54, 1.807) is 6.07 Å². The van der Waals surface area contributed by atoms with Crippen molar-refractivity contribution in [3.05, 3.63) is 46.5 Å². The highest BCUT2D eigenvalue weighted by Crippen LogP contribution is 2.43. The monoisotopic (exact) mass is 368 g/mol. The van der Waals surface area contributed by atoms with Gasteiger partial charge in [-0.05, 0) is 68.5 Å². The smallest absolute Gasteiger partial charge is 0.311 e. The number of aryl methyl sites for hydroxylation is 2. The normalized spacial score (nSPS) is 10.6. The van der Waals surface area contributed by atoms with E-state index >= 15 is 0 Å². The number of hydrogen-bond donors (Lipinski definition) is 0. The van der Waals surface area contributed by atoms with E-state index in [4.69, 9.17) is 9.47 Å². The molecule has 144 valence electrons. The SMILES string of the molecule is CCCCC(=O)Oc1ccc(C)c(C)c1-c1c(OC(C)=O)ccc(C)c1C. The van der Waals surface area contributed by atoms with Crippen molar-refractivity contribution < 1.29 is 19.1 Å². The summed E-state index contributed by atoms with van der Waals surface area (Å²) in [6.45, 7) is 11.4. The van der Waals surface area contributed by atoms with Crippen LogP contribution in [0, 0.1) is 27.7 Å². The minimum atomic E-state index is -0.383. The molecule has 0 aliphatic heterocycles. The Morgan fingerprint density at radius 2 is 1.30 bits per heavy atom. The lowest BCUT2D eigenvalue weighted by Gasteiger charge is -2.20. The minimum absolute atomic E-state index is 0.249. The molecule has 0 saturated carbocycles. The summed E-state index contributed by atoms with van der Waals surface area (Å²) in [5, 5.41) is 0. The van der Waals surface area contributed by atoms with Gasteiger partial charge in [0.1, 0.15) is 11.5 Å². The Hall–Kier alpha value is -2.62. The maximum atomic E-state index is 12.3. The summed E-state index contributed by atoms with van der Waals surface area (Å²) < 4.78 is 11.2. The highest BCUT2D eigenvalue weighted by molar-refractivity contribution is 5.87. The lowest BCUT2D eigenvalue weighted by atomic mass is 9.90. The maximum Gasteiger partial charge on any atom is 0.311 e. The molecule has 2 aromatic carbocycles. The van der Waals surface area contributed by atoms with E-state index in [1.807, 2.05) is 52.8 Å². The van der Waals surface area contributed by atoms with Crippen LogP contribution in [0.15, 0.2) is 24.3 Å². The van der Waals surface area contributed by atoms with E-state index < -0.39 is 0 Å². The van der Waals surface area contributed by atoms with Crippen LogP contribution in [0.3, 0.4) is 0 Å². The minimum Gasteiger partial charge on any atom is -0.426 e. The van der Waals surface area contributed by atoms with Crippen LogP contribution >= 0.6 is 0 Å². The van der Waals surface area contributed by atoms with Crippen molar-refractivity contribution in [2.45, 2.75) is 60.8 Å². The van der Waals surface area contributed by atoms with Gasteiger partial charge in [-0.15, -0.1) is 0 Å². The van der Waals surface area contributed by atoms with Crippen LogP contribution in [0.1, 0.15) is 55.4 Å². The van der Waals surface area contributed by atoms with Gasteiger partial charge in [0.25, 0.3) is 0 Å². The molecule has 0 fully saturated rings. The number of hydrogen-bond acceptors (Lipinski definition) is 4. The molecule has 0 radical (unpaired) electrons.